The van der Waals surface area contributed by atoms with Crippen molar-refractivity contribution in [2.75, 3.05) is 62.3 Å². The molecule has 0 spiro atoms. The van der Waals surface area contributed by atoms with Crippen LogP contribution < -0.4 is 10.2 Å². The predicted molar refractivity (Wildman–Crippen MR) is 176 cm³/mol. The summed E-state index contributed by atoms with van der Waals surface area (Å²) in [5.74, 6) is 0.827. The average molecular weight is 647 g/mol. The molecule has 12 heteroatoms. The molecule has 4 aromatic rings. The van der Waals surface area contributed by atoms with E-state index in [2.05, 4.69) is 32.0 Å². The van der Waals surface area contributed by atoms with Gasteiger partial charge in [-0.3, -0.25) is 8.87 Å². The summed E-state index contributed by atoms with van der Waals surface area (Å²) in [5.41, 5.74) is 3.73. The van der Waals surface area contributed by atoms with Gasteiger partial charge in [-0.2, -0.15) is 0 Å². The van der Waals surface area contributed by atoms with E-state index < -0.39 is 11.0 Å². The van der Waals surface area contributed by atoms with Crippen molar-refractivity contribution in [2.45, 2.75) is 25.8 Å². The molecule has 2 saturated heterocycles. The molecule has 2 aromatic carbocycles. The number of nitrogens with zero attached hydrogens (tertiary/aromatic N) is 6. The summed E-state index contributed by atoms with van der Waals surface area (Å²) in [6, 6.07) is 12.2. The van der Waals surface area contributed by atoms with Gasteiger partial charge in [-0.1, -0.05) is 59.9 Å². The van der Waals surface area contributed by atoms with Gasteiger partial charge in [0.25, 0.3) is 0 Å². The standard InChI is InChI=1S/C30H34Cl3N7OS/c1-3-42(41)40-19-22(21-6-4-5-7-27(21)40)29-25(33)18-34-30(36-29)35-26-16-24(32)28(17-23(26)31)39-10-8-20(9-11-39)38-14-12-37(2)13-15-38/h4-7,16-20H,3,8-15H2,1-2H3,(H,34,35,36). The number of hydrogen-bond donors (Lipinski definition) is 1. The van der Waals surface area contributed by atoms with Crippen LogP contribution in [-0.4, -0.2) is 86.1 Å². The molecule has 2 aliphatic rings. The van der Waals surface area contributed by atoms with Crippen LogP contribution in [0.15, 0.2) is 48.8 Å². The summed E-state index contributed by atoms with van der Waals surface area (Å²) < 4.78 is 14.5. The van der Waals surface area contributed by atoms with Crippen molar-refractivity contribution in [3.63, 3.8) is 0 Å². The lowest BCUT2D eigenvalue weighted by Gasteiger charge is -2.42. The molecule has 0 bridgehead atoms. The first-order valence-corrected chi connectivity index (χ1v) is 16.7. The van der Waals surface area contributed by atoms with Gasteiger partial charge in [0.05, 0.1) is 43.9 Å². The number of benzene rings is 2. The monoisotopic (exact) mass is 645 g/mol. The van der Waals surface area contributed by atoms with Crippen LogP contribution in [0.25, 0.3) is 22.2 Å². The number of anilines is 3. The van der Waals surface area contributed by atoms with E-state index in [0.29, 0.717) is 44.2 Å². The smallest absolute Gasteiger partial charge is 0.227 e. The fourth-order valence-corrected chi connectivity index (χ4v) is 7.48. The molecule has 0 aliphatic carbocycles. The third-order valence-electron chi connectivity index (χ3n) is 8.29. The first-order valence-electron chi connectivity index (χ1n) is 14.3. The largest absolute Gasteiger partial charge is 0.370 e. The second-order valence-electron chi connectivity index (χ2n) is 10.9. The molecule has 0 radical (unpaired) electrons. The Morgan fingerprint density at radius 2 is 1.71 bits per heavy atom. The summed E-state index contributed by atoms with van der Waals surface area (Å²) in [5, 5.41) is 5.69. The van der Waals surface area contributed by atoms with E-state index in [9.17, 15) is 4.21 Å². The van der Waals surface area contributed by atoms with Gasteiger partial charge in [-0.25, -0.2) is 14.2 Å². The lowest BCUT2D eigenvalue weighted by atomic mass is 10.0. The zero-order chi connectivity index (χ0) is 29.4. The molecule has 2 aliphatic heterocycles. The van der Waals surface area contributed by atoms with E-state index in [1.165, 1.54) is 0 Å². The number of aromatic nitrogens is 3. The molecule has 0 saturated carbocycles. The van der Waals surface area contributed by atoms with Gasteiger partial charge in [0, 0.05) is 68.2 Å². The van der Waals surface area contributed by atoms with Gasteiger partial charge in [0.2, 0.25) is 5.95 Å². The number of fused-ring (bicyclic) bond motifs is 1. The Balaban J connectivity index is 1.21. The molecular weight excluding hydrogens is 613 g/mol. The molecule has 2 fully saturated rings. The van der Waals surface area contributed by atoms with E-state index in [0.717, 1.165) is 74.3 Å². The number of halogens is 3. The van der Waals surface area contributed by atoms with Crippen LogP contribution in [0, 0.1) is 0 Å². The minimum absolute atomic E-state index is 0.335. The summed E-state index contributed by atoms with van der Waals surface area (Å²) in [7, 11) is 0.992. The molecule has 222 valence electrons. The summed E-state index contributed by atoms with van der Waals surface area (Å²) in [6.45, 7) is 8.34. The SMILES string of the molecule is CCS(=O)n1cc(-c2nc(Nc3cc(Cl)c(N4CCC(N5CCN(C)CC5)CC4)cc3Cl)ncc2Cl)c2ccccc21. The Morgan fingerprint density at radius 3 is 2.45 bits per heavy atom. The van der Waals surface area contributed by atoms with Crippen molar-refractivity contribution >= 4 is 74.0 Å². The number of nitrogens with one attached hydrogen (secondary N) is 1. The second kappa shape index (κ2) is 12.7. The fourth-order valence-electron chi connectivity index (χ4n) is 5.92. The summed E-state index contributed by atoms with van der Waals surface area (Å²) in [6.07, 6.45) is 5.62. The third-order valence-corrected chi connectivity index (χ3v) is 10.4. The molecular formula is C30H34Cl3N7OS. The van der Waals surface area contributed by atoms with Crippen LogP contribution in [0.4, 0.5) is 17.3 Å². The van der Waals surface area contributed by atoms with Crippen LogP contribution in [0.1, 0.15) is 19.8 Å². The first kappa shape index (κ1) is 29.7. The molecule has 0 amide bonds. The summed E-state index contributed by atoms with van der Waals surface area (Å²) >= 11 is 20.2. The van der Waals surface area contributed by atoms with Gasteiger partial charge >= 0.3 is 0 Å². The van der Waals surface area contributed by atoms with Crippen molar-refractivity contribution in [2.24, 2.45) is 0 Å². The Bertz CT molecular complexity index is 1610. The maximum Gasteiger partial charge on any atom is 0.227 e. The molecule has 1 N–H and O–H groups in total. The van der Waals surface area contributed by atoms with Crippen molar-refractivity contribution in [1.82, 2.24) is 23.7 Å². The summed E-state index contributed by atoms with van der Waals surface area (Å²) in [4.78, 5) is 16.5. The molecule has 2 aromatic heterocycles. The lowest BCUT2D eigenvalue weighted by Crippen LogP contribution is -2.52. The van der Waals surface area contributed by atoms with Gasteiger partial charge in [0.1, 0.15) is 11.0 Å². The second-order valence-corrected chi connectivity index (χ2v) is 13.7. The Kier molecular flexibility index (Phi) is 8.96. The average Bonchev–Trinajstić information content (AvgIpc) is 3.39. The number of hydrogen-bond acceptors (Lipinski definition) is 7. The van der Waals surface area contributed by atoms with Gasteiger partial charge < -0.3 is 15.1 Å². The highest BCUT2D eigenvalue weighted by Gasteiger charge is 2.28. The zero-order valence-corrected chi connectivity index (χ0v) is 26.8. The Labute approximate surface area is 264 Å². The molecule has 8 nitrogen and oxygen atoms in total. The van der Waals surface area contributed by atoms with Gasteiger partial charge in [-0.05, 0) is 38.1 Å². The van der Waals surface area contributed by atoms with Gasteiger partial charge in [0.15, 0.2) is 0 Å². The van der Waals surface area contributed by atoms with Crippen LogP contribution in [0.2, 0.25) is 15.1 Å². The quantitative estimate of drug-likeness (QED) is 0.244. The Morgan fingerprint density at radius 1 is 0.976 bits per heavy atom. The normalized spacial score (nSPS) is 18.1. The molecule has 1 atom stereocenters. The van der Waals surface area contributed by atoms with Crippen molar-refractivity contribution in [3.8, 4) is 11.3 Å². The van der Waals surface area contributed by atoms with E-state index >= 15 is 0 Å². The van der Waals surface area contributed by atoms with Crippen molar-refractivity contribution < 1.29 is 4.21 Å². The van der Waals surface area contributed by atoms with Crippen LogP contribution >= 0.6 is 34.8 Å². The van der Waals surface area contributed by atoms with E-state index in [4.69, 9.17) is 39.8 Å². The highest BCUT2D eigenvalue weighted by atomic mass is 35.5. The number of rotatable bonds is 7. The Hall–Kier alpha value is -2.40. The highest BCUT2D eigenvalue weighted by Crippen LogP contribution is 2.39. The van der Waals surface area contributed by atoms with Crippen LogP contribution in [0.3, 0.4) is 0 Å². The van der Waals surface area contributed by atoms with E-state index in [1.807, 2.05) is 49.5 Å². The first-order chi connectivity index (χ1) is 20.3. The minimum atomic E-state index is -1.20. The maximum atomic E-state index is 12.7. The van der Waals surface area contributed by atoms with Crippen LogP contribution in [-0.2, 0) is 11.0 Å². The number of piperazine rings is 1. The van der Waals surface area contributed by atoms with Gasteiger partial charge in [-0.15, -0.1) is 0 Å². The van der Waals surface area contributed by atoms with Crippen molar-refractivity contribution in [3.05, 3.63) is 63.9 Å². The number of likely N-dealkylation sites (N-methyl/N-ethyl adjacent to an activating group) is 1. The lowest BCUT2D eigenvalue weighted by molar-refractivity contribution is 0.0982. The predicted octanol–water partition coefficient (Wildman–Crippen LogP) is 6.55. The maximum absolute atomic E-state index is 12.7. The van der Waals surface area contributed by atoms with E-state index in [1.54, 1.807) is 10.2 Å². The number of piperidine rings is 1. The third kappa shape index (κ3) is 6.00. The van der Waals surface area contributed by atoms with Crippen LogP contribution in [0.5, 0.6) is 0 Å². The fraction of sp³-hybridized carbons (Fsp3) is 0.400. The molecule has 42 heavy (non-hydrogen) atoms. The molecule has 6 rings (SSSR count). The molecule has 1 unspecified atom stereocenters. The highest BCUT2D eigenvalue weighted by molar-refractivity contribution is 7.83. The molecule has 4 heterocycles. The number of para-hydroxylation sites is 1. The van der Waals surface area contributed by atoms with E-state index in [-0.39, 0.29) is 0 Å². The topological polar surface area (TPSA) is 69.5 Å². The van der Waals surface area contributed by atoms with Crippen molar-refractivity contribution in [1.29, 1.82) is 0 Å². The minimum Gasteiger partial charge on any atom is -0.370 e. The zero-order valence-electron chi connectivity index (χ0n) is 23.7.